The lowest BCUT2D eigenvalue weighted by molar-refractivity contribution is -0.118. The standard InChI is InChI=1S/C22H25ClN4O4S2/c1-31-21(30)26-7-6-22(12-26)13-27(16-5-4-14(23)9-15(16)22)19(29)10-18-25-11-20(33-18)32-8-2-3-17(24)28/h4-5,9,11H,2-3,6-8,10,12-13H2,1H3,(H2,24,28). The van der Waals surface area contributed by atoms with E-state index < -0.39 is 0 Å². The van der Waals surface area contributed by atoms with Gasteiger partial charge >= 0.3 is 6.09 Å². The average molecular weight is 509 g/mol. The highest BCUT2D eigenvalue weighted by Crippen LogP contribution is 2.47. The zero-order chi connectivity index (χ0) is 23.6. The second-order valence-corrected chi connectivity index (χ2v) is 11.2. The highest BCUT2D eigenvalue weighted by atomic mass is 35.5. The Labute approximate surface area is 205 Å². The van der Waals surface area contributed by atoms with Crippen molar-refractivity contribution in [2.75, 3.05) is 37.4 Å². The van der Waals surface area contributed by atoms with Crippen molar-refractivity contribution < 1.29 is 19.1 Å². The molecular formula is C22H25ClN4O4S2. The Balaban J connectivity index is 1.46. The molecule has 0 radical (unpaired) electrons. The predicted octanol–water partition coefficient (Wildman–Crippen LogP) is 3.45. The number of amides is 3. The molecule has 33 heavy (non-hydrogen) atoms. The van der Waals surface area contributed by atoms with Crippen LogP contribution >= 0.6 is 34.7 Å². The number of nitrogens with zero attached hydrogens (tertiary/aromatic N) is 3. The molecule has 176 valence electrons. The van der Waals surface area contributed by atoms with Crippen molar-refractivity contribution in [2.24, 2.45) is 5.73 Å². The Morgan fingerprint density at radius 2 is 2.15 bits per heavy atom. The Hall–Kier alpha value is -2.30. The largest absolute Gasteiger partial charge is 0.453 e. The molecule has 0 saturated carbocycles. The molecule has 4 rings (SSSR count). The van der Waals surface area contributed by atoms with Gasteiger partial charge in [0.1, 0.15) is 5.01 Å². The molecule has 1 atom stereocenters. The minimum absolute atomic E-state index is 0.0356. The van der Waals surface area contributed by atoms with Crippen molar-refractivity contribution >= 4 is 58.3 Å². The number of hydrogen-bond acceptors (Lipinski definition) is 7. The van der Waals surface area contributed by atoms with Crippen molar-refractivity contribution in [3.63, 3.8) is 0 Å². The van der Waals surface area contributed by atoms with Gasteiger partial charge in [-0.3, -0.25) is 9.59 Å². The van der Waals surface area contributed by atoms with E-state index in [0.29, 0.717) is 37.5 Å². The number of fused-ring (bicyclic) bond motifs is 2. The van der Waals surface area contributed by atoms with Crippen molar-refractivity contribution in [1.82, 2.24) is 9.88 Å². The lowest BCUT2D eigenvalue weighted by atomic mass is 9.81. The molecule has 0 aliphatic carbocycles. The fraction of sp³-hybridized carbons (Fsp3) is 0.455. The maximum Gasteiger partial charge on any atom is 0.409 e. The highest BCUT2D eigenvalue weighted by molar-refractivity contribution is 8.01. The average Bonchev–Trinajstić information content (AvgIpc) is 3.49. The summed E-state index contributed by atoms with van der Waals surface area (Å²) < 4.78 is 5.91. The molecule has 1 aromatic carbocycles. The summed E-state index contributed by atoms with van der Waals surface area (Å²) in [6, 6.07) is 5.58. The fourth-order valence-electron chi connectivity index (χ4n) is 4.46. The molecule has 1 unspecified atom stereocenters. The molecule has 1 fully saturated rings. The SMILES string of the molecule is COC(=O)N1CCC2(C1)CN(C(=O)Cc1ncc(SCCCC(N)=O)s1)c1ccc(Cl)cc12. The van der Waals surface area contributed by atoms with Crippen molar-refractivity contribution in [2.45, 2.75) is 35.3 Å². The summed E-state index contributed by atoms with van der Waals surface area (Å²) in [5.74, 6) is 0.442. The normalized spacial score (nSPS) is 19.2. The van der Waals surface area contributed by atoms with Crippen LogP contribution in [0.15, 0.2) is 28.6 Å². The molecule has 1 spiro atoms. The Kier molecular flexibility index (Phi) is 7.16. The van der Waals surface area contributed by atoms with Gasteiger partial charge in [-0.1, -0.05) is 11.6 Å². The van der Waals surface area contributed by atoms with E-state index in [2.05, 4.69) is 4.98 Å². The van der Waals surface area contributed by atoms with Gasteiger partial charge in [0.2, 0.25) is 11.8 Å². The minimum atomic E-state index is -0.358. The quantitative estimate of drug-likeness (QED) is 0.453. The zero-order valence-corrected chi connectivity index (χ0v) is 20.6. The molecule has 8 nitrogen and oxygen atoms in total. The molecular weight excluding hydrogens is 484 g/mol. The second-order valence-electron chi connectivity index (χ2n) is 8.23. The van der Waals surface area contributed by atoms with Gasteiger partial charge in [0, 0.05) is 42.2 Å². The molecule has 2 aromatic rings. The summed E-state index contributed by atoms with van der Waals surface area (Å²) >= 11 is 9.40. The van der Waals surface area contributed by atoms with Crippen LogP contribution in [0, 0.1) is 0 Å². The van der Waals surface area contributed by atoms with Gasteiger partial charge in [-0.05, 0) is 42.4 Å². The van der Waals surface area contributed by atoms with Crippen LogP contribution in [-0.4, -0.2) is 60.3 Å². The minimum Gasteiger partial charge on any atom is -0.453 e. The van der Waals surface area contributed by atoms with Gasteiger partial charge in [-0.15, -0.1) is 23.1 Å². The maximum absolute atomic E-state index is 13.3. The molecule has 2 aliphatic rings. The number of thiazole rings is 1. The Morgan fingerprint density at radius 3 is 2.91 bits per heavy atom. The van der Waals surface area contributed by atoms with Gasteiger partial charge in [0.05, 0.1) is 23.9 Å². The van der Waals surface area contributed by atoms with E-state index in [-0.39, 0.29) is 29.7 Å². The van der Waals surface area contributed by atoms with E-state index >= 15 is 0 Å². The first-order valence-corrected chi connectivity index (χ1v) is 12.8. The van der Waals surface area contributed by atoms with Crippen LogP contribution in [0.1, 0.15) is 29.8 Å². The maximum atomic E-state index is 13.3. The van der Waals surface area contributed by atoms with Gasteiger partial charge in [-0.25, -0.2) is 9.78 Å². The molecule has 1 aromatic heterocycles. The number of ether oxygens (including phenoxy) is 1. The second kappa shape index (κ2) is 9.90. The number of likely N-dealkylation sites (tertiary alicyclic amines) is 1. The number of primary amides is 1. The lowest BCUT2D eigenvalue weighted by Crippen LogP contribution is -2.40. The van der Waals surface area contributed by atoms with Crippen molar-refractivity contribution in [1.29, 1.82) is 0 Å². The van der Waals surface area contributed by atoms with Gasteiger partial charge in [0.15, 0.2) is 0 Å². The number of methoxy groups -OCH3 is 1. The third-order valence-electron chi connectivity index (χ3n) is 6.02. The summed E-state index contributed by atoms with van der Waals surface area (Å²) in [4.78, 5) is 44.2. The van der Waals surface area contributed by atoms with Crippen LogP contribution in [-0.2, 0) is 26.2 Å². The van der Waals surface area contributed by atoms with E-state index in [9.17, 15) is 14.4 Å². The number of nitrogens with two attached hydrogens (primary N) is 1. The monoisotopic (exact) mass is 508 g/mol. The number of hydrogen-bond donors (Lipinski definition) is 1. The summed E-state index contributed by atoms with van der Waals surface area (Å²) in [7, 11) is 1.38. The third-order valence-corrected chi connectivity index (χ3v) is 8.53. The number of rotatable bonds is 7. The first kappa shape index (κ1) is 23.8. The van der Waals surface area contributed by atoms with Crippen molar-refractivity contribution in [3.05, 3.63) is 40.0 Å². The first-order valence-electron chi connectivity index (χ1n) is 10.6. The number of anilines is 1. The number of benzene rings is 1. The zero-order valence-electron chi connectivity index (χ0n) is 18.2. The van der Waals surface area contributed by atoms with Gasteiger partial charge < -0.3 is 20.3 Å². The highest BCUT2D eigenvalue weighted by Gasteiger charge is 2.50. The summed E-state index contributed by atoms with van der Waals surface area (Å²) in [6.07, 6.45) is 3.43. The summed E-state index contributed by atoms with van der Waals surface area (Å²) in [5, 5.41) is 1.35. The molecule has 2 N–H and O–H groups in total. The Morgan fingerprint density at radius 1 is 1.33 bits per heavy atom. The lowest BCUT2D eigenvalue weighted by Gasteiger charge is -2.25. The van der Waals surface area contributed by atoms with E-state index in [1.165, 1.54) is 18.4 Å². The molecule has 2 aliphatic heterocycles. The number of carbonyl (C=O) groups is 3. The van der Waals surface area contributed by atoms with Crippen LogP contribution in [0.25, 0.3) is 0 Å². The Bertz CT molecular complexity index is 1080. The molecule has 0 bridgehead atoms. The third kappa shape index (κ3) is 5.12. The number of aromatic nitrogens is 1. The molecule has 1 saturated heterocycles. The van der Waals surface area contributed by atoms with E-state index in [1.807, 2.05) is 12.1 Å². The van der Waals surface area contributed by atoms with E-state index in [4.69, 9.17) is 22.1 Å². The molecule has 3 heterocycles. The van der Waals surface area contributed by atoms with Crippen molar-refractivity contribution in [3.8, 4) is 0 Å². The summed E-state index contributed by atoms with van der Waals surface area (Å²) in [6.45, 7) is 1.55. The van der Waals surface area contributed by atoms with Crippen LogP contribution < -0.4 is 10.6 Å². The van der Waals surface area contributed by atoms with Crippen LogP contribution in [0.3, 0.4) is 0 Å². The first-order chi connectivity index (χ1) is 15.8. The van der Waals surface area contributed by atoms with Crippen LogP contribution in [0.4, 0.5) is 10.5 Å². The number of thioether (sulfide) groups is 1. The van der Waals surface area contributed by atoms with E-state index in [0.717, 1.165) is 32.6 Å². The van der Waals surface area contributed by atoms with Crippen LogP contribution in [0.5, 0.6) is 0 Å². The predicted molar refractivity (Wildman–Crippen MR) is 129 cm³/mol. The molecule has 3 amide bonds. The smallest absolute Gasteiger partial charge is 0.409 e. The van der Waals surface area contributed by atoms with Gasteiger partial charge in [-0.2, -0.15) is 0 Å². The fourth-order valence-corrected chi connectivity index (χ4v) is 6.66. The molecule has 11 heteroatoms. The number of carbonyl (C=O) groups excluding carboxylic acids is 3. The van der Waals surface area contributed by atoms with E-state index in [1.54, 1.807) is 33.8 Å². The number of halogens is 1. The summed E-state index contributed by atoms with van der Waals surface area (Å²) in [5.41, 5.74) is 6.66. The van der Waals surface area contributed by atoms with Gasteiger partial charge in [0.25, 0.3) is 0 Å². The topological polar surface area (TPSA) is 106 Å². The van der Waals surface area contributed by atoms with Crippen LogP contribution in [0.2, 0.25) is 5.02 Å².